The zero-order chi connectivity index (χ0) is 29.2. The van der Waals surface area contributed by atoms with Gasteiger partial charge in [0.1, 0.15) is 40.7 Å². The molecule has 1 amide bonds. The molecule has 2 saturated heterocycles. The Morgan fingerprint density at radius 2 is 1.69 bits per heavy atom. The molecule has 42 heavy (non-hydrogen) atoms. The van der Waals surface area contributed by atoms with Crippen molar-refractivity contribution in [3.63, 3.8) is 0 Å². The van der Waals surface area contributed by atoms with Gasteiger partial charge in [-0.3, -0.25) is 9.80 Å². The van der Waals surface area contributed by atoms with Gasteiger partial charge in [0.2, 0.25) is 0 Å². The summed E-state index contributed by atoms with van der Waals surface area (Å²) in [6.45, 7) is 12.2. The van der Waals surface area contributed by atoms with E-state index in [0.29, 0.717) is 19.5 Å². The van der Waals surface area contributed by atoms with E-state index in [-0.39, 0.29) is 6.09 Å². The predicted molar refractivity (Wildman–Crippen MR) is 164 cm³/mol. The predicted octanol–water partition coefficient (Wildman–Crippen LogP) is 3.33. The molecule has 2 N–H and O–H groups in total. The minimum atomic E-state index is -0.729. The van der Waals surface area contributed by atoms with E-state index >= 15 is 0 Å². The van der Waals surface area contributed by atoms with Crippen molar-refractivity contribution in [1.82, 2.24) is 34.6 Å². The monoisotopic (exact) mass is 572 g/mol. The van der Waals surface area contributed by atoms with E-state index in [9.17, 15) is 4.79 Å². The second-order valence-corrected chi connectivity index (χ2v) is 12.9. The van der Waals surface area contributed by atoms with Crippen molar-refractivity contribution in [2.45, 2.75) is 38.5 Å². The molecule has 3 aromatic rings. The van der Waals surface area contributed by atoms with Crippen LogP contribution >= 0.6 is 0 Å². The van der Waals surface area contributed by atoms with Crippen molar-refractivity contribution in [3.05, 3.63) is 36.3 Å². The molecule has 1 atom stereocenters. The quantitative estimate of drug-likeness (QED) is 0.451. The number of hydrogen-bond donors (Lipinski definition) is 2. The number of anilines is 4. The highest BCUT2D eigenvalue weighted by Crippen LogP contribution is 2.40. The lowest BCUT2D eigenvalue weighted by molar-refractivity contribution is -0.0414. The lowest BCUT2D eigenvalue weighted by Gasteiger charge is -2.55. The third kappa shape index (κ3) is 4.72. The summed E-state index contributed by atoms with van der Waals surface area (Å²) in [5.74, 6) is 2.57. The van der Waals surface area contributed by atoms with E-state index in [2.05, 4.69) is 78.2 Å². The smallest absolute Gasteiger partial charge is 0.412 e. The summed E-state index contributed by atoms with van der Waals surface area (Å²) >= 11 is 0. The molecular weight excluding hydrogens is 532 g/mol. The minimum absolute atomic E-state index is 0.304. The highest BCUT2D eigenvalue weighted by Gasteiger charge is 2.49. The Bertz CT molecular complexity index is 1550. The van der Waals surface area contributed by atoms with E-state index in [1.807, 2.05) is 25.7 Å². The number of fused-ring (bicyclic) bond motifs is 6. The number of rotatable bonds is 1. The number of carbonyl (C=O) groups is 1. The Morgan fingerprint density at radius 3 is 2.45 bits per heavy atom. The molecule has 1 spiro atoms. The zero-order valence-electron chi connectivity index (χ0n) is 25.1. The van der Waals surface area contributed by atoms with Crippen LogP contribution in [0.25, 0.3) is 16.6 Å². The molecule has 0 radical (unpaired) electrons. The molecule has 12 heteroatoms. The molecule has 7 heterocycles. The standard InChI is InChI=1S/C30H40N10O2/c1-29(2,3)42-28(41)40-7-6-20-17-30(40)18-39(13-10-37(30)5)25-15-21(14-24(35-25)38-11-8-36(4)9-12-38)33-26-22-16-23(20)34-27(22)32-19-31-26/h14-17,19H,6-13,18H2,1-5H3,(H2,31,32,33,34). The van der Waals surface area contributed by atoms with Gasteiger partial charge in [0.05, 0.1) is 11.9 Å². The van der Waals surface area contributed by atoms with Crippen LogP contribution in [0.2, 0.25) is 0 Å². The Balaban J connectivity index is 1.40. The summed E-state index contributed by atoms with van der Waals surface area (Å²) in [4.78, 5) is 42.9. The Labute approximate surface area is 246 Å². The summed E-state index contributed by atoms with van der Waals surface area (Å²) in [5.41, 5.74) is 2.50. The molecule has 0 aromatic carbocycles. The SMILES string of the molecule is CN1CCN(c2cc3cc(n2)N2CCN(C)C4(C=C(CCN4C(=O)OC(C)(C)C)c4cc5c(ncnc5[nH]4)N3)C2)CC1. The number of ether oxygens (including phenoxy) is 1. The van der Waals surface area contributed by atoms with E-state index in [4.69, 9.17) is 9.72 Å². The molecular formula is C30H40N10O2. The topological polar surface area (TPSA) is 109 Å². The van der Waals surface area contributed by atoms with Crippen molar-refractivity contribution in [1.29, 1.82) is 0 Å². The summed E-state index contributed by atoms with van der Waals surface area (Å²) in [5, 5.41) is 4.52. The number of nitrogens with zero attached hydrogens (tertiary/aromatic N) is 8. The number of aromatic amines is 1. The Hall–Kier alpha value is -3.90. The van der Waals surface area contributed by atoms with Gasteiger partial charge in [-0.25, -0.2) is 19.7 Å². The minimum Gasteiger partial charge on any atom is -0.444 e. The van der Waals surface area contributed by atoms with Crippen molar-refractivity contribution in [2.75, 3.05) is 81.6 Å². The highest BCUT2D eigenvalue weighted by molar-refractivity contribution is 5.92. The lowest BCUT2D eigenvalue weighted by Crippen LogP contribution is -2.70. The van der Waals surface area contributed by atoms with Crippen LogP contribution in [-0.4, -0.2) is 118 Å². The van der Waals surface area contributed by atoms with E-state index in [1.165, 1.54) is 0 Å². The largest absolute Gasteiger partial charge is 0.444 e. The number of carbonyl (C=O) groups excluding carboxylic acids is 1. The first-order valence-electron chi connectivity index (χ1n) is 14.8. The maximum atomic E-state index is 13.8. The first kappa shape index (κ1) is 27.0. The molecule has 0 aliphatic carbocycles. The highest BCUT2D eigenvalue weighted by atomic mass is 16.6. The van der Waals surface area contributed by atoms with Gasteiger partial charge in [-0.05, 0) is 59.0 Å². The summed E-state index contributed by atoms with van der Waals surface area (Å²) in [7, 11) is 4.26. The third-order valence-corrected chi connectivity index (χ3v) is 8.87. The van der Waals surface area contributed by atoms with Crippen LogP contribution in [0.1, 0.15) is 32.9 Å². The van der Waals surface area contributed by atoms with Crippen LogP contribution < -0.4 is 15.1 Å². The Kier molecular flexibility index (Phi) is 6.32. The van der Waals surface area contributed by atoms with Crippen molar-refractivity contribution in [2.24, 2.45) is 0 Å². The number of hydrogen-bond acceptors (Lipinski definition) is 10. The van der Waals surface area contributed by atoms with Gasteiger partial charge in [0, 0.05) is 69.3 Å². The molecule has 2 fully saturated rings. The van der Waals surface area contributed by atoms with Gasteiger partial charge in [-0.2, -0.15) is 0 Å². The van der Waals surface area contributed by atoms with E-state index < -0.39 is 11.3 Å². The van der Waals surface area contributed by atoms with Gasteiger partial charge >= 0.3 is 6.09 Å². The summed E-state index contributed by atoms with van der Waals surface area (Å²) < 4.78 is 5.97. The summed E-state index contributed by atoms with van der Waals surface area (Å²) in [6, 6.07) is 6.35. The van der Waals surface area contributed by atoms with Crippen LogP contribution in [0.3, 0.4) is 0 Å². The fraction of sp³-hybridized carbons (Fsp3) is 0.533. The van der Waals surface area contributed by atoms with Gasteiger partial charge in [-0.15, -0.1) is 0 Å². The van der Waals surface area contributed by atoms with Gasteiger partial charge in [0.25, 0.3) is 0 Å². The Morgan fingerprint density at radius 1 is 0.952 bits per heavy atom. The van der Waals surface area contributed by atoms with Crippen molar-refractivity contribution >= 4 is 45.8 Å². The molecule has 7 bridgehead atoms. The van der Waals surface area contributed by atoms with Crippen molar-refractivity contribution in [3.8, 4) is 0 Å². The lowest BCUT2D eigenvalue weighted by atomic mass is 9.91. The molecule has 12 nitrogen and oxygen atoms in total. The molecule has 3 aromatic heterocycles. The molecule has 1 unspecified atom stereocenters. The molecule has 7 rings (SSSR count). The number of aromatic nitrogens is 4. The first-order valence-corrected chi connectivity index (χ1v) is 14.8. The van der Waals surface area contributed by atoms with Gasteiger partial charge < -0.3 is 29.7 Å². The van der Waals surface area contributed by atoms with Crippen LogP contribution in [-0.2, 0) is 4.74 Å². The van der Waals surface area contributed by atoms with E-state index in [1.54, 1.807) is 6.33 Å². The van der Waals surface area contributed by atoms with Crippen molar-refractivity contribution < 1.29 is 9.53 Å². The van der Waals surface area contributed by atoms with Gasteiger partial charge in [0.15, 0.2) is 0 Å². The third-order valence-electron chi connectivity index (χ3n) is 8.87. The van der Waals surface area contributed by atoms with Crippen LogP contribution in [0.5, 0.6) is 0 Å². The van der Waals surface area contributed by atoms with Gasteiger partial charge in [-0.1, -0.05) is 0 Å². The normalized spacial score (nSPS) is 23.2. The number of pyridine rings is 1. The average molecular weight is 573 g/mol. The van der Waals surface area contributed by atoms with Crippen LogP contribution in [0.4, 0.5) is 27.9 Å². The van der Waals surface area contributed by atoms with Crippen LogP contribution in [0, 0.1) is 0 Å². The summed E-state index contributed by atoms with van der Waals surface area (Å²) in [6.07, 6.45) is 4.23. The number of likely N-dealkylation sites (N-methyl/N-ethyl adjacent to an activating group) is 2. The van der Waals surface area contributed by atoms with E-state index in [0.717, 1.165) is 84.7 Å². The molecule has 4 aliphatic rings. The molecule has 222 valence electrons. The molecule has 0 saturated carbocycles. The second kappa shape index (κ2) is 9.84. The number of nitrogens with one attached hydrogen (secondary N) is 2. The number of amides is 1. The van der Waals surface area contributed by atoms with Crippen LogP contribution in [0.15, 0.2) is 30.6 Å². The number of piperazine rings is 2. The zero-order valence-corrected chi connectivity index (χ0v) is 25.1. The first-order chi connectivity index (χ1) is 20.1. The maximum absolute atomic E-state index is 13.8. The maximum Gasteiger partial charge on any atom is 0.412 e. The molecule has 4 aliphatic heterocycles. The number of H-pyrrole nitrogens is 1. The fourth-order valence-corrected chi connectivity index (χ4v) is 6.50. The average Bonchev–Trinajstić information content (AvgIpc) is 3.39. The fourth-order valence-electron chi connectivity index (χ4n) is 6.50. The second-order valence-electron chi connectivity index (χ2n) is 12.9.